The number of amides is 1. The van der Waals surface area contributed by atoms with E-state index in [9.17, 15) is 9.59 Å². The molecule has 134 valence electrons. The highest BCUT2D eigenvalue weighted by atomic mass is 32.1. The summed E-state index contributed by atoms with van der Waals surface area (Å²) in [6, 6.07) is 12.0. The van der Waals surface area contributed by atoms with Gasteiger partial charge in [-0.3, -0.25) is 9.69 Å². The number of rotatable bonds is 4. The normalized spacial score (nSPS) is 21.8. The number of benzene rings is 1. The summed E-state index contributed by atoms with van der Waals surface area (Å²) in [6.45, 7) is 0.305. The number of ether oxygens (including phenoxy) is 1. The summed E-state index contributed by atoms with van der Waals surface area (Å²) >= 11 is 1.47. The highest BCUT2D eigenvalue weighted by molar-refractivity contribution is 7.11. The van der Waals surface area contributed by atoms with Crippen LogP contribution >= 0.6 is 11.3 Å². The molecule has 1 fully saturated rings. The Balaban J connectivity index is 1.49. The molecule has 2 aromatic rings. The predicted octanol–water partition coefficient (Wildman–Crippen LogP) is 4.91. The van der Waals surface area contributed by atoms with Crippen LogP contribution in [0.4, 0.5) is 4.79 Å². The fourth-order valence-electron chi connectivity index (χ4n) is 3.91. The Morgan fingerprint density at radius 3 is 2.85 bits per heavy atom. The first-order chi connectivity index (χ1) is 12.7. The van der Waals surface area contributed by atoms with Gasteiger partial charge in [-0.05, 0) is 53.8 Å². The van der Waals surface area contributed by atoms with Crippen molar-refractivity contribution in [3.8, 4) is 0 Å². The van der Waals surface area contributed by atoms with Gasteiger partial charge < -0.3 is 4.74 Å². The van der Waals surface area contributed by atoms with Crippen molar-refractivity contribution in [1.29, 1.82) is 0 Å². The maximum absolute atomic E-state index is 12.7. The predicted molar refractivity (Wildman–Crippen MR) is 102 cm³/mol. The lowest BCUT2D eigenvalue weighted by molar-refractivity contribution is 0.0510. The SMILES string of the molecule is O=Cc1cc(C2=CC3CCCC(C2)N3C(=O)OCc2ccccc2)cs1. The summed E-state index contributed by atoms with van der Waals surface area (Å²) in [5.41, 5.74) is 3.36. The van der Waals surface area contributed by atoms with Crippen LogP contribution in [-0.4, -0.2) is 29.4 Å². The summed E-state index contributed by atoms with van der Waals surface area (Å²) in [4.78, 5) is 26.3. The first-order valence-corrected chi connectivity index (χ1v) is 9.86. The van der Waals surface area contributed by atoms with Crippen LogP contribution in [0.15, 0.2) is 47.9 Å². The van der Waals surface area contributed by atoms with Gasteiger partial charge in [0.1, 0.15) is 6.61 Å². The first kappa shape index (κ1) is 17.0. The number of piperidine rings is 1. The second kappa shape index (κ2) is 7.46. The van der Waals surface area contributed by atoms with Gasteiger partial charge in [-0.2, -0.15) is 0 Å². The van der Waals surface area contributed by atoms with Gasteiger partial charge in [0.2, 0.25) is 0 Å². The molecule has 4 nitrogen and oxygen atoms in total. The Labute approximate surface area is 157 Å². The molecule has 0 N–H and O–H groups in total. The Morgan fingerprint density at radius 1 is 1.27 bits per heavy atom. The molecule has 0 aliphatic carbocycles. The summed E-state index contributed by atoms with van der Waals surface area (Å²) in [6.07, 6.45) is 6.78. The van der Waals surface area contributed by atoms with Crippen molar-refractivity contribution < 1.29 is 14.3 Å². The Morgan fingerprint density at radius 2 is 2.12 bits per heavy atom. The Bertz CT molecular complexity index is 827. The standard InChI is InChI=1S/C21H21NO3S/c23-12-20-11-17(14-26-20)16-9-18-7-4-8-19(10-16)22(18)21(24)25-13-15-5-2-1-3-6-15/h1-3,5-6,9,11-12,14,18-19H,4,7-8,10,13H2. The second-order valence-corrected chi connectivity index (χ2v) is 7.79. The lowest BCUT2D eigenvalue weighted by atomic mass is 9.83. The molecule has 1 aromatic heterocycles. The highest BCUT2D eigenvalue weighted by Crippen LogP contribution is 2.38. The molecule has 3 heterocycles. The van der Waals surface area contributed by atoms with Crippen LogP contribution in [0.2, 0.25) is 0 Å². The van der Waals surface area contributed by atoms with Crippen molar-refractivity contribution in [1.82, 2.24) is 4.90 Å². The van der Waals surface area contributed by atoms with Crippen LogP contribution in [0.25, 0.3) is 5.57 Å². The summed E-state index contributed by atoms with van der Waals surface area (Å²) in [7, 11) is 0. The molecule has 26 heavy (non-hydrogen) atoms. The Kier molecular flexibility index (Phi) is 4.89. The average Bonchev–Trinajstić information content (AvgIpc) is 3.15. The van der Waals surface area contributed by atoms with Gasteiger partial charge in [0.15, 0.2) is 6.29 Å². The fourth-order valence-corrected chi connectivity index (χ4v) is 4.64. The molecule has 1 amide bonds. The Hall–Kier alpha value is -2.40. The summed E-state index contributed by atoms with van der Waals surface area (Å²) in [5, 5.41) is 2.04. The minimum Gasteiger partial charge on any atom is -0.445 e. The van der Waals surface area contributed by atoms with E-state index < -0.39 is 0 Å². The molecule has 2 aliphatic heterocycles. The molecule has 4 rings (SSSR count). The maximum Gasteiger partial charge on any atom is 0.410 e. The zero-order chi connectivity index (χ0) is 17.9. The molecular weight excluding hydrogens is 346 g/mol. The third kappa shape index (κ3) is 3.44. The van der Waals surface area contributed by atoms with Crippen molar-refractivity contribution in [2.45, 2.75) is 44.4 Å². The lowest BCUT2D eigenvalue weighted by Crippen LogP contribution is -2.51. The van der Waals surface area contributed by atoms with Crippen molar-refractivity contribution in [2.24, 2.45) is 0 Å². The molecule has 2 bridgehead atoms. The van der Waals surface area contributed by atoms with E-state index in [1.165, 1.54) is 16.9 Å². The number of aldehydes is 1. The van der Waals surface area contributed by atoms with Crippen molar-refractivity contribution >= 4 is 29.3 Å². The largest absolute Gasteiger partial charge is 0.445 e. The van der Waals surface area contributed by atoms with Crippen molar-refractivity contribution in [2.75, 3.05) is 0 Å². The minimum absolute atomic E-state index is 0.0837. The maximum atomic E-state index is 12.7. The molecule has 2 aliphatic rings. The number of thiophene rings is 1. The van der Waals surface area contributed by atoms with Gasteiger partial charge in [-0.1, -0.05) is 36.4 Å². The van der Waals surface area contributed by atoms with E-state index in [2.05, 4.69) is 6.08 Å². The van der Waals surface area contributed by atoms with Crippen LogP contribution in [0.1, 0.15) is 46.5 Å². The fraction of sp³-hybridized carbons (Fsp3) is 0.333. The molecule has 0 spiro atoms. The number of nitrogens with zero attached hydrogens (tertiary/aromatic N) is 1. The van der Waals surface area contributed by atoms with Crippen LogP contribution < -0.4 is 0 Å². The van der Waals surface area contributed by atoms with Crippen molar-refractivity contribution in [3.05, 3.63) is 63.9 Å². The van der Waals surface area contributed by atoms with E-state index in [1.54, 1.807) is 0 Å². The van der Waals surface area contributed by atoms with E-state index in [-0.39, 0.29) is 18.2 Å². The van der Waals surface area contributed by atoms with Gasteiger partial charge in [-0.15, -0.1) is 11.3 Å². The third-order valence-electron chi connectivity index (χ3n) is 5.16. The van der Waals surface area contributed by atoms with E-state index in [1.807, 2.05) is 46.7 Å². The smallest absolute Gasteiger partial charge is 0.410 e. The summed E-state index contributed by atoms with van der Waals surface area (Å²) in [5.74, 6) is 0. The summed E-state index contributed by atoms with van der Waals surface area (Å²) < 4.78 is 5.58. The highest BCUT2D eigenvalue weighted by Gasteiger charge is 2.38. The molecule has 1 aromatic carbocycles. The van der Waals surface area contributed by atoms with Crippen molar-refractivity contribution in [3.63, 3.8) is 0 Å². The van der Waals surface area contributed by atoms with Gasteiger partial charge in [-0.25, -0.2) is 4.79 Å². The molecule has 2 atom stereocenters. The zero-order valence-corrected chi connectivity index (χ0v) is 15.3. The second-order valence-electron chi connectivity index (χ2n) is 6.85. The third-order valence-corrected chi connectivity index (χ3v) is 6.02. The van der Waals surface area contributed by atoms with E-state index in [0.717, 1.165) is 48.0 Å². The number of fused-ring (bicyclic) bond motifs is 2. The average molecular weight is 367 g/mol. The topological polar surface area (TPSA) is 46.6 Å². The van der Waals surface area contributed by atoms with Gasteiger partial charge >= 0.3 is 6.09 Å². The van der Waals surface area contributed by atoms with Crippen LogP contribution in [0.5, 0.6) is 0 Å². The molecule has 5 heteroatoms. The van der Waals surface area contributed by atoms with Gasteiger partial charge in [0, 0.05) is 6.04 Å². The van der Waals surface area contributed by atoms with Crippen LogP contribution in [-0.2, 0) is 11.3 Å². The first-order valence-electron chi connectivity index (χ1n) is 8.98. The quantitative estimate of drug-likeness (QED) is 0.722. The number of carbonyl (C=O) groups is 2. The van der Waals surface area contributed by atoms with E-state index >= 15 is 0 Å². The molecular formula is C21H21NO3S. The van der Waals surface area contributed by atoms with E-state index in [0.29, 0.717) is 6.61 Å². The number of hydrogen-bond donors (Lipinski definition) is 0. The van der Waals surface area contributed by atoms with Gasteiger partial charge in [0.05, 0.1) is 10.9 Å². The number of hydrogen-bond acceptors (Lipinski definition) is 4. The lowest BCUT2D eigenvalue weighted by Gasteiger charge is -2.44. The van der Waals surface area contributed by atoms with Crippen LogP contribution in [0, 0.1) is 0 Å². The zero-order valence-electron chi connectivity index (χ0n) is 14.5. The molecule has 2 unspecified atom stereocenters. The van der Waals surface area contributed by atoms with Crippen LogP contribution in [0.3, 0.4) is 0 Å². The molecule has 0 saturated carbocycles. The monoisotopic (exact) mass is 367 g/mol. The number of carbonyl (C=O) groups excluding carboxylic acids is 2. The molecule has 1 saturated heterocycles. The molecule has 0 radical (unpaired) electrons. The van der Waals surface area contributed by atoms with Gasteiger partial charge in [0.25, 0.3) is 0 Å². The minimum atomic E-state index is -0.224. The van der Waals surface area contributed by atoms with E-state index in [4.69, 9.17) is 4.74 Å².